The summed E-state index contributed by atoms with van der Waals surface area (Å²) in [6.45, 7) is 2.75. The van der Waals surface area contributed by atoms with Crippen molar-refractivity contribution in [2.24, 2.45) is 5.73 Å². The Morgan fingerprint density at radius 2 is 1.95 bits per heavy atom. The van der Waals surface area contributed by atoms with Gasteiger partial charge in [-0.2, -0.15) is 0 Å². The van der Waals surface area contributed by atoms with Gasteiger partial charge in [0.1, 0.15) is 22.3 Å². The van der Waals surface area contributed by atoms with Gasteiger partial charge >= 0.3 is 0 Å². The smallest absolute Gasteiger partial charge is 0.150 e. The number of benzene rings is 1. The molecule has 1 saturated heterocycles. The molecule has 1 heterocycles. The lowest BCUT2D eigenvalue weighted by Gasteiger charge is -2.32. The zero-order valence-electron chi connectivity index (χ0n) is 11.7. The van der Waals surface area contributed by atoms with Crippen LogP contribution in [0.5, 0.6) is 0 Å². The number of hydrogen-bond donors (Lipinski definition) is 1. The lowest BCUT2D eigenvalue weighted by Crippen LogP contribution is -2.36. The van der Waals surface area contributed by atoms with Gasteiger partial charge < -0.3 is 10.6 Å². The Morgan fingerprint density at radius 3 is 2.50 bits per heavy atom. The molecule has 1 fully saturated rings. The third-order valence-corrected chi connectivity index (χ3v) is 4.17. The van der Waals surface area contributed by atoms with E-state index in [2.05, 4.69) is 6.92 Å². The average molecular weight is 298 g/mol. The number of anilines is 1. The molecular formula is C15H20F2N2S. The van der Waals surface area contributed by atoms with E-state index in [9.17, 15) is 8.78 Å². The Balaban J connectivity index is 2.42. The van der Waals surface area contributed by atoms with Crippen molar-refractivity contribution in [3.63, 3.8) is 0 Å². The highest BCUT2D eigenvalue weighted by Crippen LogP contribution is 2.31. The summed E-state index contributed by atoms with van der Waals surface area (Å²) in [4.78, 5) is 1.89. The molecule has 0 radical (unpaired) electrons. The van der Waals surface area contributed by atoms with Crippen LogP contribution in [0.4, 0.5) is 14.5 Å². The molecule has 0 aliphatic carbocycles. The van der Waals surface area contributed by atoms with Crippen LogP contribution in [0.15, 0.2) is 12.1 Å². The van der Waals surface area contributed by atoms with Gasteiger partial charge in [0.05, 0.1) is 0 Å². The first-order valence-corrected chi connectivity index (χ1v) is 7.51. The molecule has 2 rings (SSSR count). The number of hydrogen-bond acceptors (Lipinski definition) is 2. The van der Waals surface area contributed by atoms with E-state index in [-0.39, 0.29) is 22.3 Å². The highest BCUT2D eigenvalue weighted by atomic mass is 32.1. The van der Waals surface area contributed by atoms with Gasteiger partial charge in [0.2, 0.25) is 0 Å². The molecule has 110 valence electrons. The molecule has 0 bridgehead atoms. The van der Waals surface area contributed by atoms with Gasteiger partial charge in [0, 0.05) is 18.2 Å². The SMILES string of the molecule is CCC1CCCCCN1c1c(F)cc(C(N)=S)cc1F. The van der Waals surface area contributed by atoms with Gasteiger partial charge in [-0.1, -0.05) is 32.0 Å². The number of halogens is 2. The van der Waals surface area contributed by atoms with Gasteiger partial charge in [-0.15, -0.1) is 0 Å². The van der Waals surface area contributed by atoms with Crippen LogP contribution in [0.3, 0.4) is 0 Å². The summed E-state index contributed by atoms with van der Waals surface area (Å²) in [5.41, 5.74) is 5.75. The van der Waals surface area contributed by atoms with Crippen molar-refractivity contribution in [1.29, 1.82) is 0 Å². The van der Waals surface area contributed by atoms with E-state index in [0.717, 1.165) is 32.1 Å². The first-order chi connectivity index (χ1) is 9.54. The van der Waals surface area contributed by atoms with Crippen LogP contribution in [0.25, 0.3) is 0 Å². The van der Waals surface area contributed by atoms with E-state index in [1.165, 1.54) is 12.1 Å². The maximum atomic E-state index is 14.3. The van der Waals surface area contributed by atoms with Gasteiger partial charge in [0.25, 0.3) is 0 Å². The lowest BCUT2D eigenvalue weighted by atomic mass is 10.1. The maximum absolute atomic E-state index is 14.3. The molecule has 0 spiro atoms. The number of nitrogens with zero attached hydrogens (tertiary/aromatic N) is 1. The summed E-state index contributed by atoms with van der Waals surface area (Å²) in [7, 11) is 0. The molecular weight excluding hydrogens is 278 g/mol. The van der Waals surface area contributed by atoms with Crippen molar-refractivity contribution in [2.75, 3.05) is 11.4 Å². The number of nitrogens with two attached hydrogens (primary N) is 1. The van der Waals surface area contributed by atoms with Gasteiger partial charge in [0.15, 0.2) is 0 Å². The predicted molar refractivity (Wildman–Crippen MR) is 82.1 cm³/mol. The van der Waals surface area contributed by atoms with E-state index in [1.54, 1.807) is 0 Å². The quantitative estimate of drug-likeness (QED) is 0.862. The molecule has 1 aliphatic heterocycles. The second kappa shape index (κ2) is 6.48. The molecule has 1 aliphatic rings. The molecule has 2 N–H and O–H groups in total. The van der Waals surface area contributed by atoms with Crippen LogP contribution in [0, 0.1) is 11.6 Å². The van der Waals surface area contributed by atoms with Crippen LogP contribution < -0.4 is 10.6 Å². The molecule has 1 atom stereocenters. The number of rotatable bonds is 3. The molecule has 1 unspecified atom stereocenters. The van der Waals surface area contributed by atoms with Crippen molar-refractivity contribution >= 4 is 22.9 Å². The van der Waals surface area contributed by atoms with Crippen LogP contribution in [-0.2, 0) is 0 Å². The maximum Gasteiger partial charge on any atom is 0.150 e. The second-order valence-electron chi connectivity index (χ2n) is 5.26. The Bertz CT molecular complexity index is 482. The normalized spacial score (nSPS) is 19.8. The molecule has 20 heavy (non-hydrogen) atoms. The highest BCUT2D eigenvalue weighted by molar-refractivity contribution is 7.80. The molecule has 0 aromatic heterocycles. The third-order valence-electron chi connectivity index (χ3n) is 3.94. The van der Waals surface area contributed by atoms with Crippen LogP contribution in [0.1, 0.15) is 44.6 Å². The van der Waals surface area contributed by atoms with E-state index < -0.39 is 11.6 Å². The first-order valence-electron chi connectivity index (χ1n) is 7.10. The van der Waals surface area contributed by atoms with Gasteiger partial charge in [-0.05, 0) is 31.4 Å². The summed E-state index contributed by atoms with van der Waals surface area (Å²) in [5, 5.41) is 0. The number of thiocarbonyl (C=S) groups is 1. The van der Waals surface area contributed by atoms with E-state index >= 15 is 0 Å². The summed E-state index contributed by atoms with van der Waals surface area (Å²) in [6, 6.07) is 2.66. The molecule has 5 heteroatoms. The summed E-state index contributed by atoms with van der Waals surface area (Å²) in [5.74, 6) is -1.15. The fourth-order valence-corrected chi connectivity index (χ4v) is 3.00. The summed E-state index contributed by atoms with van der Waals surface area (Å²) >= 11 is 4.78. The monoisotopic (exact) mass is 298 g/mol. The van der Waals surface area contributed by atoms with Crippen molar-refractivity contribution in [3.8, 4) is 0 Å². The topological polar surface area (TPSA) is 29.3 Å². The van der Waals surface area contributed by atoms with Crippen LogP contribution in [0.2, 0.25) is 0 Å². The van der Waals surface area contributed by atoms with Crippen molar-refractivity contribution in [1.82, 2.24) is 0 Å². The standard InChI is InChI=1S/C15H20F2N2S/c1-2-11-6-4-3-5-7-19(11)14-12(16)8-10(15(18)20)9-13(14)17/h8-9,11H,2-7H2,1H3,(H2,18,20). The molecule has 2 nitrogen and oxygen atoms in total. The Hall–Kier alpha value is -1.23. The van der Waals surface area contributed by atoms with Gasteiger partial charge in [-0.25, -0.2) is 8.78 Å². The van der Waals surface area contributed by atoms with E-state index in [1.807, 2.05) is 4.90 Å². The minimum absolute atomic E-state index is 0.0113. The van der Waals surface area contributed by atoms with Crippen molar-refractivity contribution in [2.45, 2.75) is 45.1 Å². The van der Waals surface area contributed by atoms with Crippen molar-refractivity contribution < 1.29 is 8.78 Å². The first kappa shape index (κ1) is 15.2. The van der Waals surface area contributed by atoms with E-state index in [4.69, 9.17) is 18.0 Å². The lowest BCUT2D eigenvalue weighted by molar-refractivity contribution is 0.517. The second-order valence-corrected chi connectivity index (χ2v) is 5.70. The highest BCUT2D eigenvalue weighted by Gasteiger charge is 2.25. The van der Waals surface area contributed by atoms with E-state index in [0.29, 0.717) is 6.54 Å². The molecule has 1 aromatic rings. The Labute approximate surface area is 123 Å². The molecule has 1 aromatic carbocycles. The molecule has 0 saturated carbocycles. The summed E-state index contributed by atoms with van der Waals surface area (Å²) < 4.78 is 28.6. The zero-order valence-corrected chi connectivity index (χ0v) is 12.5. The third kappa shape index (κ3) is 3.08. The Morgan fingerprint density at radius 1 is 1.30 bits per heavy atom. The van der Waals surface area contributed by atoms with Crippen molar-refractivity contribution in [3.05, 3.63) is 29.3 Å². The van der Waals surface area contributed by atoms with Crippen LogP contribution >= 0.6 is 12.2 Å². The van der Waals surface area contributed by atoms with Crippen LogP contribution in [-0.4, -0.2) is 17.6 Å². The summed E-state index contributed by atoms with van der Waals surface area (Å²) in [6.07, 6.45) is 5.05. The molecule has 0 amide bonds. The minimum atomic E-state index is -0.576. The fourth-order valence-electron chi connectivity index (χ4n) is 2.88. The predicted octanol–water partition coefficient (Wildman–Crippen LogP) is 3.76. The fraction of sp³-hybridized carbons (Fsp3) is 0.533. The van der Waals surface area contributed by atoms with Gasteiger partial charge in [-0.3, -0.25) is 0 Å². The largest absolute Gasteiger partial charge is 0.389 e. The Kier molecular flexibility index (Phi) is 4.91. The average Bonchev–Trinajstić information content (AvgIpc) is 2.63. The minimum Gasteiger partial charge on any atom is -0.389 e. The zero-order chi connectivity index (χ0) is 14.7.